The topological polar surface area (TPSA) is 35.5 Å². The molecule has 0 fully saturated rings. The van der Waals surface area contributed by atoms with E-state index in [9.17, 15) is 9.18 Å². The van der Waals surface area contributed by atoms with Crippen molar-refractivity contribution in [1.29, 1.82) is 0 Å². The van der Waals surface area contributed by atoms with Crippen LogP contribution in [0.3, 0.4) is 0 Å². The van der Waals surface area contributed by atoms with Crippen LogP contribution >= 0.6 is 0 Å². The summed E-state index contributed by atoms with van der Waals surface area (Å²) in [6.45, 7) is 5.52. The third kappa shape index (κ3) is 3.81. The molecule has 0 aliphatic rings. The number of Topliss-reactive ketones (excluding diaryl/α,β-unsaturated/α-hetero) is 1. The summed E-state index contributed by atoms with van der Waals surface area (Å²) in [7, 11) is 1.62. The molecule has 18 heavy (non-hydrogen) atoms. The molecule has 0 aliphatic heterocycles. The molecule has 1 aromatic rings. The van der Waals surface area contributed by atoms with Crippen molar-refractivity contribution in [3.05, 3.63) is 29.6 Å². The van der Waals surface area contributed by atoms with Crippen LogP contribution in [0.1, 0.15) is 37.6 Å². The quantitative estimate of drug-likeness (QED) is 0.731. The highest BCUT2D eigenvalue weighted by atomic mass is 19.1. The molecule has 0 spiro atoms. The van der Waals surface area contributed by atoms with E-state index in [1.165, 1.54) is 19.1 Å². The molecule has 0 radical (unpaired) electrons. The van der Waals surface area contributed by atoms with Crippen LogP contribution in [0, 0.1) is 5.82 Å². The third-order valence-corrected chi connectivity index (χ3v) is 2.85. The summed E-state index contributed by atoms with van der Waals surface area (Å²) in [6.07, 6.45) is 0.606. The van der Waals surface area contributed by atoms with Gasteiger partial charge in [0.15, 0.2) is 17.3 Å². The van der Waals surface area contributed by atoms with Crippen LogP contribution in [0.4, 0.5) is 4.39 Å². The van der Waals surface area contributed by atoms with Gasteiger partial charge in [0.25, 0.3) is 0 Å². The van der Waals surface area contributed by atoms with Crippen molar-refractivity contribution in [2.24, 2.45) is 0 Å². The van der Waals surface area contributed by atoms with Gasteiger partial charge < -0.3 is 9.47 Å². The predicted molar refractivity (Wildman–Crippen MR) is 67.6 cm³/mol. The minimum atomic E-state index is -0.516. The Morgan fingerprint density at radius 1 is 1.39 bits per heavy atom. The maximum Gasteiger partial charge on any atom is 0.165 e. The highest BCUT2D eigenvalue weighted by Crippen LogP contribution is 2.24. The first-order valence-electron chi connectivity index (χ1n) is 5.85. The Morgan fingerprint density at radius 3 is 2.61 bits per heavy atom. The standard InChI is InChI=1S/C14H19FO3/c1-10(16)11-6-5-7-12(15)13(11)18-9-8-14(2,3)17-4/h5-7H,8-9H2,1-4H3. The van der Waals surface area contributed by atoms with Crippen LogP contribution < -0.4 is 4.74 Å². The lowest BCUT2D eigenvalue weighted by molar-refractivity contribution is 0.00509. The maximum atomic E-state index is 13.6. The molecular weight excluding hydrogens is 235 g/mol. The molecule has 0 aliphatic carbocycles. The minimum absolute atomic E-state index is 0.0249. The lowest BCUT2D eigenvalue weighted by atomic mass is 10.1. The van der Waals surface area contributed by atoms with E-state index in [1.807, 2.05) is 13.8 Å². The van der Waals surface area contributed by atoms with E-state index in [0.717, 1.165) is 0 Å². The summed E-state index contributed by atoms with van der Waals surface area (Å²) in [5.74, 6) is -0.703. The van der Waals surface area contributed by atoms with Crippen molar-refractivity contribution in [1.82, 2.24) is 0 Å². The lowest BCUT2D eigenvalue weighted by Gasteiger charge is -2.23. The van der Waals surface area contributed by atoms with E-state index in [1.54, 1.807) is 13.2 Å². The molecule has 0 amide bonds. The summed E-state index contributed by atoms with van der Waals surface area (Å²) in [6, 6.07) is 4.34. The number of benzene rings is 1. The number of para-hydroxylation sites is 1. The van der Waals surface area contributed by atoms with Gasteiger partial charge in [-0.15, -0.1) is 0 Å². The van der Waals surface area contributed by atoms with Crippen molar-refractivity contribution in [3.63, 3.8) is 0 Å². The second-order valence-electron chi connectivity index (χ2n) is 4.73. The van der Waals surface area contributed by atoms with E-state index in [4.69, 9.17) is 9.47 Å². The van der Waals surface area contributed by atoms with E-state index in [2.05, 4.69) is 0 Å². The second-order valence-corrected chi connectivity index (χ2v) is 4.73. The summed E-state index contributed by atoms with van der Waals surface area (Å²) < 4.78 is 24.2. The van der Waals surface area contributed by atoms with Gasteiger partial charge in [0, 0.05) is 13.5 Å². The SMILES string of the molecule is COC(C)(C)CCOc1c(F)cccc1C(C)=O. The van der Waals surface area contributed by atoms with Crippen molar-refractivity contribution in [3.8, 4) is 5.75 Å². The number of rotatable bonds is 6. The van der Waals surface area contributed by atoms with E-state index >= 15 is 0 Å². The van der Waals surface area contributed by atoms with Gasteiger partial charge in [-0.2, -0.15) is 0 Å². The molecule has 0 bridgehead atoms. The Morgan fingerprint density at radius 2 is 2.06 bits per heavy atom. The number of carbonyl (C=O) groups is 1. The molecule has 0 heterocycles. The lowest BCUT2D eigenvalue weighted by Crippen LogP contribution is -2.25. The Balaban J connectivity index is 2.76. The van der Waals surface area contributed by atoms with Crippen molar-refractivity contribution in [2.75, 3.05) is 13.7 Å². The fourth-order valence-electron chi connectivity index (χ4n) is 1.43. The first-order valence-corrected chi connectivity index (χ1v) is 5.85. The van der Waals surface area contributed by atoms with Crippen LogP contribution in [0.5, 0.6) is 5.75 Å². The molecule has 4 heteroatoms. The molecule has 1 rings (SSSR count). The first-order chi connectivity index (χ1) is 8.37. The van der Waals surface area contributed by atoms with Gasteiger partial charge in [-0.3, -0.25) is 4.79 Å². The van der Waals surface area contributed by atoms with Crippen LogP contribution in [-0.2, 0) is 4.74 Å². The van der Waals surface area contributed by atoms with Crippen molar-refractivity contribution >= 4 is 5.78 Å². The Hall–Kier alpha value is -1.42. The molecular formula is C14H19FO3. The molecule has 0 saturated carbocycles. The zero-order chi connectivity index (χ0) is 13.8. The molecule has 3 nitrogen and oxygen atoms in total. The van der Waals surface area contributed by atoms with Gasteiger partial charge in [0.05, 0.1) is 17.8 Å². The minimum Gasteiger partial charge on any atom is -0.490 e. The number of methoxy groups -OCH3 is 1. The summed E-state index contributed by atoms with van der Waals surface area (Å²) in [4.78, 5) is 11.4. The number of hydrogen-bond acceptors (Lipinski definition) is 3. The monoisotopic (exact) mass is 254 g/mol. The van der Waals surface area contributed by atoms with Crippen molar-refractivity contribution < 1.29 is 18.7 Å². The normalized spacial score (nSPS) is 11.4. The molecule has 0 aromatic heterocycles. The summed E-state index contributed by atoms with van der Waals surface area (Å²) in [5, 5.41) is 0. The summed E-state index contributed by atoms with van der Waals surface area (Å²) in [5.41, 5.74) is -0.0630. The highest BCUT2D eigenvalue weighted by molar-refractivity contribution is 5.96. The molecule has 0 unspecified atom stereocenters. The van der Waals surface area contributed by atoms with Gasteiger partial charge in [-0.05, 0) is 32.9 Å². The number of carbonyl (C=O) groups excluding carboxylic acids is 1. The second kappa shape index (κ2) is 5.96. The molecule has 0 atom stereocenters. The number of ether oxygens (including phenoxy) is 2. The smallest absolute Gasteiger partial charge is 0.165 e. The predicted octanol–water partition coefficient (Wildman–Crippen LogP) is 3.22. The van der Waals surface area contributed by atoms with Gasteiger partial charge >= 0.3 is 0 Å². The Kier molecular flexibility index (Phi) is 4.84. The number of hydrogen-bond donors (Lipinski definition) is 0. The van der Waals surface area contributed by atoms with Crippen LogP contribution in [0.2, 0.25) is 0 Å². The summed E-state index contributed by atoms with van der Waals surface area (Å²) >= 11 is 0. The maximum absolute atomic E-state index is 13.6. The van der Waals surface area contributed by atoms with E-state index in [0.29, 0.717) is 13.0 Å². The highest BCUT2D eigenvalue weighted by Gasteiger charge is 2.18. The molecule has 100 valence electrons. The van der Waals surface area contributed by atoms with Crippen LogP contribution in [0.25, 0.3) is 0 Å². The Labute approximate surface area is 107 Å². The largest absolute Gasteiger partial charge is 0.490 e. The van der Waals surface area contributed by atoms with Gasteiger partial charge in [-0.1, -0.05) is 6.07 Å². The van der Waals surface area contributed by atoms with Crippen LogP contribution in [0.15, 0.2) is 18.2 Å². The molecule has 0 saturated heterocycles. The number of ketones is 1. The van der Waals surface area contributed by atoms with Crippen LogP contribution in [-0.4, -0.2) is 25.1 Å². The van der Waals surface area contributed by atoms with Crippen molar-refractivity contribution in [2.45, 2.75) is 32.8 Å². The fraction of sp³-hybridized carbons (Fsp3) is 0.500. The van der Waals surface area contributed by atoms with E-state index < -0.39 is 5.82 Å². The average Bonchev–Trinajstić information content (AvgIpc) is 2.30. The molecule has 0 N–H and O–H groups in total. The number of halogens is 1. The third-order valence-electron chi connectivity index (χ3n) is 2.85. The molecule has 1 aromatic carbocycles. The first kappa shape index (κ1) is 14.6. The zero-order valence-electron chi connectivity index (χ0n) is 11.2. The van der Waals surface area contributed by atoms with E-state index in [-0.39, 0.29) is 22.7 Å². The zero-order valence-corrected chi connectivity index (χ0v) is 11.2. The van der Waals surface area contributed by atoms with Gasteiger partial charge in [-0.25, -0.2) is 4.39 Å². The average molecular weight is 254 g/mol. The Bertz CT molecular complexity index is 427. The van der Waals surface area contributed by atoms with Gasteiger partial charge in [0.2, 0.25) is 0 Å². The van der Waals surface area contributed by atoms with Gasteiger partial charge in [0.1, 0.15) is 0 Å². The fourth-order valence-corrected chi connectivity index (χ4v) is 1.43.